The summed E-state index contributed by atoms with van der Waals surface area (Å²) in [5, 5.41) is 17.5. The second-order valence-corrected chi connectivity index (χ2v) is 6.42. The zero-order valence-corrected chi connectivity index (χ0v) is 13.5. The molecular weight excluding hydrogens is 304 g/mol. The summed E-state index contributed by atoms with van der Waals surface area (Å²) in [7, 11) is 0. The fourth-order valence-corrected chi connectivity index (χ4v) is 2.84. The summed E-state index contributed by atoms with van der Waals surface area (Å²) >= 11 is 0. The van der Waals surface area contributed by atoms with Gasteiger partial charge in [0.25, 0.3) is 5.91 Å². The van der Waals surface area contributed by atoms with Crippen molar-refractivity contribution in [1.29, 1.82) is 0 Å². The van der Waals surface area contributed by atoms with Crippen molar-refractivity contribution in [2.75, 3.05) is 13.1 Å². The Morgan fingerprint density at radius 2 is 1.79 bits per heavy atom. The second-order valence-electron chi connectivity index (χ2n) is 6.42. The zero-order chi connectivity index (χ0) is 17.0. The standard InChI is InChI=1S/C19H22N2O3/c22-17(21-13-19(24)9-3-10-19)8-11-20-18(23)16-7-6-14-4-1-2-5-15(14)12-16/h1-2,4-7,12,24H,3,8-11,13H2,(H,20,23)(H,21,22). The molecular formula is C19H22N2O3. The number of benzene rings is 2. The van der Waals surface area contributed by atoms with Gasteiger partial charge in [0.05, 0.1) is 5.60 Å². The smallest absolute Gasteiger partial charge is 0.251 e. The maximum Gasteiger partial charge on any atom is 0.251 e. The van der Waals surface area contributed by atoms with Crippen LogP contribution in [-0.4, -0.2) is 35.6 Å². The summed E-state index contributed by atoms with van der Waals surface area (Å²) in [6.07, 6.45) is 2.70. The highest BCUT2D eigenvalue weighted by atomic mass is 16.3. The van der Waals surface area contributed by atoms with Crippen LogP contribution in [0.25, 0.3) is 10.8 Å². The van der Waals surface area contributed by atoms with Gasteiger partial charge in [0.1, 0.15) is 0 Å². The molecule has 3 rings (SSSR count). The van der Waals surface area contributed by atoms with Crippen molar-refractivity contribution in [3.63, 3.8) is 0 Å². The molecule has 3 N–H and O–H groups in total. The van der Waals surface area contributed by atoms with Gasteiger partial charge < -0.3 is 15.7 Å². The average molecular weight is 326 g/mol. The Bertz CT molecular complexity index is 753. The van der Waals surface area contributed by atoms with Crippen LogP contribution in [0.2, 0.25) is 0 Å². The van der Waals surface area contributed by atoms with Crippen LogP contribution < -0.4 is 10.6 Å². The van der Waals surface area contributed by atoms with Crippen molar-refractivity contribution >= 4 is 22.6 Å². The molecule has 0 heterocycles. The molecule has 0 radical (unpaired) electrons. The SMILES string of the molecule is O=C(CCNC(=O)c1ccc2ccccc2c1)NCC1(O)CCC1. The number of amides is 2. The molecule has 0 saturated heterocycles. The van der Waals surface area contributed by atoms with Crippen molar-refractivity contribution in [2.45, 2.75) is 31.3 Å². The number of rotatable bonds is 6. The summed E-state index contributed by atoms with van der Waals surface area (Å²) in [5.41, 5.74) is -0.137. The minimum atomic E-state index is -0.718. The lowest BCUT2D eigenvalue weighted by Gasteiger charge is -2.36. The molecule has 1 fully saturated rings. The van der Waals surface area contributed by atoms with Crippen LogP contribution in [0.1, 0.15) is 36.0 Å². The molecule has 1 aliphatic carbocycles. The van der Waals surface area contributed by atoms with Gasteiger partial charge in [-0.3, -0.25) is 9.59 Å². The molecule has 24 heavy (non-hydrogen) atoms. The third-order valence-electron chi connectivity index (χ3n) is 4.55. The molecule has 0 bridgehead atoms. The Morgan fingerprint density at radius 3 is 2.50 bits per heavy atom. The van der Waals surface area contributed by atoms with Gasteiger partial charge in [-0.2, -0.15) is 0 Å². The fourth-order valence-electron chi connectivity index (χ4n) is 2.84. The Labute approximate surface area is 141 Å². The fraction of sp³-hybridized carbons (Fsp3) is 0.368. The summed E-state index contributed by atoms with van der Waals surface area (Å²) in [4.78, 5) is 23.9. The molecule has 5 nitrogen and oxygen atoms in total. The summed E-state index contributed by atoms with van der Waals surface area (Å²) in [6, 6.07) is 13.4. The minimum absolute atomic E-state index is 0.158. The summed E-state index contributed by atoms with van der Waals surface area (Å²) in [6.45, 7) is 0.570. The van der Waals surface area contributed by atoms with E-state index in [0.29, 0.717) is 12.1 Å². The van der Waals surface area contributed by atoms with E-state index < -0.39 is 5.60 Å². The quantitative estimate of drug-likeness (QED) is 0.759. The Balaban J connectivity index is 1.45. The molecule has 5 heteroatoms. The first kappa shape index (κ1) is 16.5. The number of aliphatic hydroxyl groups is 1. The van der Waals surface area contributed by atoms with Crippen LogP contribution in [0.3, 0.4) is 0 Å². The molecule has 0 atom stereocenters. The normalized spacial score (nSPS) is 15.5. The summed E-state index contributed by atoms with van der Waals surface area (Å²) in [5.74, 6) is -0.347. The lowest BCUT2D eigenvalue weighted by atomic mass is 9.80. The van der Waals surface area contributed by atoms with E-state index in [1.165, 1.54) is 0 Å². The molecule has 2 aromatic rings. The highest BCUT2D eigenvalue weighted by Gasteiger charge is 2.34. The van der Waals surface area contributed by atoms with Crippen molar-refractivity contribution < 1.29 is 14.7 Å². The maximum absolute atomic E-state index is 12.2. The van der Waals surface area contributed by atoms with Crippen molar-refractivity contribution in [3.05, 3.63) is 48.0 Å². The van der Waals surface area contributed by atoms with E-state index in [2.05, 4.69) is 10.6 Å². The predicted molar refractivity (Wildman–Crippen MR) is 92.7 cm³/mol. The van der Waals surface area contributed by atoms with Crippen molar-refractivity contribution in [2.24, 2.45) is 0 Å². The molecule has 0 unspecified atom stereocenters. The predicted octanol–water partition coefficient (Wildman–Crippen LogP) is 1.99. The molecule has 0 aromatic heterocycles. The van der Waals surface area contributed by atoms with Gasteiger partial charge in [-0.1, -0.05) is 30.3 Å². The average Bonchev–Trinajstić information content (AvgIpc) is 2.57. The topological polar surface area (TPSA) is 78.4 Å². The highest BCUT2D eigenvalue weighted by molar-refractivity contribution is 5.98. The Hall–Kier alpha value is -2.40. The van der Waals surface area contributed by atoms with Gasteiger partial charge in [-0.15, -0.1) is 0 Å². The van der Waals surface area contributed by atoms with Crippen molar-refractivity contribution in [1.82, 2.24) is 10.6 Å². The third kappa shape index (κ3) is 3.92. The molecule has 2 amide bonds. The first-order chi connectivity index (χ1) is 11.6. The highest BCUT2D eigenvalue weighted by Crippen LogP contribution is 2.30. The zero-order valence-electron chi connectivity index (χ0n) is 13.5. The molecule has 0 spiro atoms. The number of hydrogen-bond donors (Lipinski definition) is 3. The lowest BCUT2D eigenvalue weighted by Crippen LogP contribution is -2.48. The van der Waals surface area contributed by atoms with E-state index in [-0.39, 0.29) is 24.8 Å². The second kappa shape index (κ2) is 7.01. The van der Waals surface area contributed by atoms with Crippen LogP contribution in [0.5, 0.6) is 0 Å². The minimum Gasteiger partial charge on any atom is -0.388 e. The van der Waals surface area contributed by atoms with Gasteiger partial charge in [0.2, 0.25) is 5.91 Å². The van der Waals surface area contributed by atoms with Gasteiger partial charge in [-0.25, -0.2) is 0 Å². The van der Waals surface area contributed by atoms with Gasteiger partial charge >= 0.3 is 0 Å². The van der Waals surface area contributed by atoms with Crippen LogP contribution >= 0.6 is 0 Å². The van der Waals surface area contributed by atoms with Crippen LogP contribution in [0.4, 0.5) is 0 Å². The molecule has 1 saturated carbocycles. The van der Waals surface area contributed by atoms with Gasteiger partial charge in [0.15, 0.2) is 0 Å². The maximum atomic E-state index is 12.2. The Kier molecular flexibility index (Phi) is 4.81. The van der Waals surface area contributed by atoms with Gasteiger partial charge in [-0.05, 0) is 42.2 Å². The van der Waals surface area contributed by atoms with E-state index in [9.17, 15) is 14.7 Å². The molecule has 126 valence electrons. The number of hydrogen-bond acceptors (Lipinski definition) is 3. The molecule has 2 aromatic carbocycles. The first-order valence-corrected chi connectivity index (χ1v) is 8.32. The lowest BCUT2D eigenvalue weighted by molar-refractivity contribution is -0.123. The summed E-state index contributed by atoms with van der Waals surface area (Å²) < 4.78 is 0. The molecule has 1 aliphatic rings. The van der Waals surface area contributed by atoms with Crippen molar-refractivity contribution in [3.8, 4) is 0 Å². The van der Waals surface area contributed by atoms with E-state index in [1.807, 2.05) is 36.4 Å². The number of fused-ring (bicyclic) bond motifs is 1. The van der Waals surface area contributed by atoms with E-state index in [1.54, 1.807) is 6.07 Å². The Morgan fingerprint density at radius 1 is 1.04 bits per heavy atom. The molecule has 0 aliphatic heterocycles. The number of carbonyl (C=O) groups excluding carboxylic acids is 2. The van der Waals surface area contributed by atoms with Crippen LogP contribution in [0.15, 0.2) is 42.5 Å². The first-order valence-electron chi connectivity index (χ1n) is 8.32. The monoisotopic (exact) mass is 326 g/mol. The van der Waals surface area contributed by atoms with E-state index in [0.717, 1.165) is 30.0 Å². The number of nitrogens with one attached hydrogen (secondary N) is 2. The van der Waals surface area contributed by atoms with E-state index >= 15 is 0 Å². The van der Waals surface area contributed by atoms with Crippen LogP contribution in [-0.2, 0) is 4.79 Å². The van der Waals surface area contributed by atoms with E-state index in [4.69, 9.17) is 0 Å². The van der Waals surface area contributed by atoms with Crippen LogP contribution in [0, 0.1) is 0 Å². The third-order valence-corrected chi connectivity index (χ3v) is 4.55. The largest absolute Gasteiger partial charge is 0.388 e. The van der Waals surface area contributed by atoms with Gasteiger partial charge in [0, 0.05) is 25.1 Å². The number of carbonyl (C=O) groups is 2.